The van der Waals surface area contributed by atoms with Gasteiger partial charge in [-0.3, -0.25) is 14.6 Å². The first-order chi connectivity index (χ1) is 19.9. The third kappa shape index (κ3) is 7.51. The predicted molar refractivity (Wildman–Crippen MR) is 157 cm³/mol. The van der Waals surface area contributed by atoms with Crippen LogP contribution in [-0.4, -0.2) is 53.9 Å². The maximum Gasteiger partial charge on any atom is 0.251 e. The van der Waals surface area contributed by atoms with Gasteiger partial charge >= 0.3 is 0 Å². The van der Waals surface area contributed by atoms with E-state index in [9.17, 15) is 13.2 Å². The van der Waals surface area contributed by atoms with E-state index in [0.29, 0.717) is 23.7 Å². The van der Waals surface area contributed by atoms with Crippen molar-refractivity contribution >= 4 is 15.7 Å². The van der Waals surface area contributed by atoms with Gasteiger partial charge in [0.25, 0.3) is 5.91 Å². The average molecular weight is 571 g/mol. The lowest BCUT2D eigenvalue weighted by molar-refractivity contribution is 0.0953. The van der Waals surface area contributed by atoms with E-state index in [0.717, 1.165) is 49.9 Å². The highest BCUT2D eigenvalue weighted by molar-refractivity contribution is 7.90. The zero-order valence-electron chi connectivity index (χ0n) is 23.1. The summed E-state index contributed by atoms with van der Waals surface area (Å²) < 4.78 is 28.4. The molecule has 0 radical (unpaired) electrons. The number of carbonyl (C=O) groups is 1. The smallest absolute Gasteiger partial charge is 0.251 e. The van der Waals surface area contributed by atoms with E-state index >= 15 is 0 Å². The lowest BCUT2D eigenvalue weighted by atomic mass is 9.90. The molecule has 1 aliphatic heterocycles. The number of aromatic amines is 1. The van der Waals surface area contributed by atoms with Gasteiger partial charge in [0, 0.05) is 42.7 Å². The Balaban J connectivity index is 1.37. The largest absolute Gasteiger partial charge is 0.352 e. The average Bonchev–Trinajstić information content (AvgIpc) is 3.66. The van der Waals surface area contributed by atoms with E-state index in [1.165, 1.54) is 17.7 Å². The topological polar surface area (TPSA) is 122 Å². The van der Waals surface area contributed by atoms with Crippen LogP contribution in [0.2, 0.25) is 0 Å². The van der Waals surface area contributed by atoms with Crippen LogP contribution in [0.1, 0.15) is 63.5 Å². The van der Waals surface area contributed by atoms with Crippen molar-refractivity contribution in [1.29, 1.82) is 0 Å². The zero-order valence-corrected chi connectivity index (χ0v) is 23.9. The van der Waals surface area contributed by atoms with E-state index in [1.807, 2.05) is 18.3 Å². The molecule has 9 nitrogen and oxygen atoms in total. The number of nitrogens with one attached hydrogen (secondary N) is 3. The molecule has 0 unspecified atom stereocenters. The molecule has 0 spiro atoms. The highest BCUT2D eigenvalue weighted by Gasteiger charge is 2.22. The van der Waals surface area contributed by atoms with Gasteiger partial charge in [0.15, 0.2) is 9.84 Å². The number of piperidine rings is 1. The minimum atomic E-state index is -3.77. The SMILES string of the molecule is Cn1ccc(CS(=O)(=O)c2ccc(C(=O)NCCCc3cn[nH]c3)cc2C#Cc2ccc(C3CCNCC3)cc2)n1. The Hall–Kier alpha value is -4.20. The fraction of sp³-hybridized carbons (Fsp3) is 0.323. The Bertz CT molecular complexity index is 1640. The predicted octanol–water partition coefficient (Wildman–Crippen LogP) is 3.35. The second-order valence-corrected chi connectivity index (χ2v) is 12.3. The van der Waals surface area contributed by atoms with E-state index in [4.69, 9.17) is 0 Å². The molecule has 5 rings (SSSR count). The first-order valence-corrected chi connectivity index (χ1v) is 15.5. The molecule has 0 aliphatic carbocycles. The number of benzene rings is 2. The van der Waals surface area contributed by atoms with Gasteiger partial charge in [0.2, 0.25) is 0 Å². The molecule has 2 aromatic heterocycles. The van der Waals surface area contributed by atoms with Crippen molar-refractivity contribution < 1.29 is 13.2 Å². The van der Waals surface area contributed by atoms with Crippen LogP contribution < -0.4 is 10.6 Å². The summed E-state index contributed by atoms with van der Waals surface area (Å²) in [7, 11) is -2.03. The van der Waals surface area contributed by atoms with Gasteiger partial charge in [0.05, 0.1) is 22.5 Å². The third-order valence-corrected chi connectivity index (χ3v) is 8.93. The molecule has 0 atom stereocenters. The zero-order chi connectivity index (χ0) is 28.7. The number of carbonyl (C=O) groups excluding carboxylic acids is 1. The highest BCUT2D eigenvalue weighted by atomic mass is 32.2. The van der Waals surface area contributed by atoms with Crippen molar-refractivity contribution in [2.75, 3.05) is 19.6 Å². The number of amides is 1. The molecule has 212 valence electrons. The number of H-pyrrole nitrogens is 1. The van der Waals surface area contributed by atoms with E-state index in [-0.39, 0.29) is 22.1 Å². The number of aromatic nitrogens is 4. The van der Waals surface area contributed by atoms with Crippen LogP contribution in [0, 0.1) is 11.8 Å². The van der Waals surface area contributed by atoms with Gasteiger partial charge in [-0.25, -0.2) is 8.42 Å². The number of hydrogen-bond acceptors (Lipinski definition) is 6. The Morgan fingerprint density at radius 2 is 1.90 bits per heavy atom. The van der Waals surface area contributed by atoms with Crippen molar-refractivity contribution in [3.8, 4) is 11.8 Å². The summed E-state index contributed by atoms with van der Waals surface area (Å²) in [6.45, 7) is 2.53. The lowest BCUT2D eigenvalue weighted by Crippen LogP contribution is -2.26. The molecule has 2 aromatic carbocycles. The van der Waals surface area contributed by atoms with Gasteiger partial charge in [-0.1, -0.05) is 24.0 Å². The van der Waals surface area contributed by atoms with E-state index in [1.54, 1.807) is 36.3 Å². The van der Waals surface area contributed by atoms with Crippen LogP contribution in [0.5, 0.6) is 0 Å². The fourth-order valence-corrected chi connectivity index (χ4v) is 6.42. The number of hydrogen-bond donors (Lipinski definition) is 3. The molecule has 1 fully saturated rings. The van der Waals surface area contributed by atoms with Crippen molar-refractivity contribution in [1.82, 2.24) is 30.6 Å². The van der Waals surface area contributed by atoms with Crippen molar-refractivity contribution in [3.05, 3.63) is 101 Å². The summed E-state index contributed by atoms with van der Waals surface area (Å²) in [6.07, 6.45) is 9.06. The summed E-state index contributed by atoms with van der Waals surface area (Å²) in [4.78, 5) is 13.0. The Morgan fingerprint density at radius 1 is 1.10 bits per heavy atom. The quantitative estimate of drug-likeness (QED) is 0.210. The summed E-state index contributed by atoms with van der Waals surface area (Å²) in [5, 5.41) is 17.2. The van der Waals surface area contributed by atoms with Crippen molar-refractivity contribution in [2.45, 2.75) is 42.2 Å². The fourth-order valence-electron chi connectivity index (χ4n) is 5.00. The Kier molecular flexibility index (Phi) is 8.97. The summed E-state index contributed by atoms with van der Waals surface area (Å²) in [5.41, 5.74) is 4.24. The van der Waals surface area contributed by atoms with Crippen LogP contribution in [0.4, 0.5) is 0 Å². The van der Waals surface area contributed by atoms with Crippen LogP contribution in [0.3, 0.4) is 0 Å². The molecule has 1 saturated heterocycles. The third-order valence-electron chi connectivity index (χ3n) is 7.23. The van der Waals surface area contributed by atoms with Gasteiger partial charge in [-0.15, -0.1) is 0 Å². The lowest BCUT2D eigenvalue weighted by Gasteiger charge is -2.22. The maximum absolute atomic E-state index is 13.4. The second-order valence-electron chi connectivity index (χ2n) is 10.3. The van der Waals surface area contributed by atoms with Gasteiger partial charge in [-0.05, 0) is 92.2 Å². The van der Waals surface area contributed by atoms with Crippen LogP contribution in [0.25, 0.3) is 0 Å². The maximum atomic E-state index is 13.4. The van der Waals surface area contributed by atoms with E-state index in [2.05, 4.69) is 49.9 Å². The first kappa shape index (κ1) is 28.3. The molecule has 1 amide bonds. The number of nitrogens with zero attached hydrogens (tertiary/aromatic N) is 3. The molecular weight excluding hydrogens is 536 g/mol. The van der Waals surface area contributed by atoms with Crippen molar-refractivity contribution in [3.63, 3.8) is 0 Å². The minimum Gasteiger partial charge on any atom is -0.352 e. The number of rotatable bonds is 9. The molecule has 4 aromatic rings. The number of sulfone groups is 1. The normalized spacial score (nSPS) is 13.9. The summed E-state index contributed by atoms with van der Waals surface area (Å²) in [5.74, 6) is 6.17. The molecule has 0 saturated carbocycles. The molecule has 3 heterocycles. The molecule has 1 aliphatic rings. The van der Waals surface area contributed by atoms with Crippen molar-refractivity contribution in [2.24, 2.45) is 7.05 Å². The van der Waals surface area contributed by atoms with Crippen LogP contribution >= 0.6 is 0 Å². The van der Waals surface area contributed by atoms with Crippen LogP contribution in [-0.2, 0) is 29.1 Å². The van der Waals surface area contributed by atoms with Crippen LogP contribution in [0.15, 0.2) is 72.0 Å². The van der Waals surface area contributed by atoms with E-state index < -0.39 is 9.84 Å². The van der Waals surface area contributed by atoms with Gasteiger partial charge in [-0.2, -0.15) is 10.2 Å². The summed E-state index contributed by atoms with van der Waals surface area (Å²) in [6, 6.07) is 14.4. The standard InChI is InChI=1S/C31H34N6O3S/c1-37-18-14-29(36-37)22-41(39,40)30-11-10-28(31(38)33-15-2-3-24-20-34-35-21-24)19-27(30)9-6-23-4-7-25(8-5-23)26-12-16-32-17-13-26/h4-5,7-8,10-11,14,18-21,26,32H,2-3,12-13,15-17,22H2,1H3,(H,33,38)(H,34,35). The monoisotopic (exact) mass is 570 g/mol. The molecule has 41 heavy (non-hydrogen) atoms. The number of aryl methyl sites for hydroxylation is 2. The minimum absolute atomic E-state index is 0.0819. The highest BCUT2D eigenvalue weighted by Crippen LogP contribution is 2.25. The van der Waals surface area contributed by atoms with Gasteiger partial charge in [0.1, 0.15) is 0 Å². The molecule has 3 N–H and O–H groups in total. The summed E-state index contributed by atoms with van der Waals surface area (Å²) >= 11 is 0. The Morgan fingerprint density at radius 3 is 2.61 bits per heavy atom. The molecular formula is C31H34N6O3S. The molecule has 0 bridgehead atoms. The Labute approximate surface area is 240 Å². The van der Waals surface area contributed by atoms with Gasteiger partial charge < -0.3 is 10.6 Å². The second kappa shape index (κ2) is 13.0. The molecule has 10 heteroatoms. The first-order valence-electron chi connectivity index (χ1n) is 13.8.